The molecular formula is C19H20F3N3O. The summed E-state index contributed by atoms with van der Waals surface area (Å²) in [6, 6.07) is 6.42. The largest absolute Gasteiger partial charge is 0.504 e. The predicted molar refractivity (Wildman–Crippen MR) is 93.4 cm³/mol. The summed E-state index contributed by atoms with van der Waals surface area (Å²) in [6.45, 7) is 1.50. The topological polar surface area (TPSA) is 38.2 Å². The summed E-state index contributed by atoms with van der Waals surface area (Å²) in [6.07, 6.45) is 3.96. The summed E-state index contributed by atoms with van der Waals surface area (Å²) in [5.74, 6) is 0.317. The molecule has 1 fully saturated rings. The van der Waals surface area contributed by atoms with E-state index < -0.39 is 11.9 Å². The van der Waals surface area contributed by atoms with E-state index in [1.165, 1.54) is 12.3 Å². The SMILES string of the molecule is CO/C=C(/c1cccnc1)C1CCN(c2ccc(C(F)(F)F)nc2)CC1. The zero-order valence-corrected chi connectivity index (χ0v) is 14.4. The Hall–Kier alpha value is -2.57. The zero-order chi connectivity index (χ0) is 18.6. The number of rotatable bonds is 4. The van der Waals surface area contributed by atoms with Crippen LogP contribution in [-0.2, 0) is 10.9 Å². The number of methoxy groups -OCH3 is 1. The fourth-order valence-electron chi connectivity index (χ4n) is 3.25. The van der Waals surface area contributed by atoms with Crippen molar-refractivity contribution in [2.24, 2.45) is 5.92 Å². The van der Waals surface area contributed by atoms with E-state index >= 15 is 0 Å². The van der Waals surface area contributed by atoms with Gasteiger partial charge in [0.05, 0.1) is 25.3 Å². The third kappa shape index (κ3) is 4.15. The van der Waals surface area contributed by atoms with Gasteiger partial charge in [-0.2, -0.15) is 13.2 Å². The van der Waals surface area contributed by atoms with Crippen molar-refractivity contribution in [2.45, 2.75) is 19.0 Å². The van der Waals surface area contributed by atoms with Crippen LogP contribution >= 0.6 is 0 Å². The molecule has 2 aromatic rings. The number of anilines is 1. The van der Waals surface area contributed by atoms with Gasteiger partial charge in [0.15, 0.2) is 0 Å². The Bertz CT molecular complexity index is 737. The average Bonchev–Trinajstić information content (AvgIpc) is 2.66. The van der Waals surface area contributed by atoms with Crippen LogP contribution in [0.3, 0.4) is 0 Å². The normalized spacial score (nSPS) is 16.6. The fourth-order valence-corrected chi connectivity index (χ4v) is 3.25. The monoisotopic (exact) mass is 363 g/mol. The van der Waals surface area contributed by atoms with Gasteiger partial charge >= 0.3 is 6.18 Å². The third-order valence-electron chi connectivity index (χ3n) is 4.58. The first-order chi connectivity index (χ1) is 12.5. The van der Waals surface area contributed by atoms with Gasteiger partial charge in [-0.25, -0.2) is 4.98 Å². The van der Waals surface area contributed by atoms with Crippen LogP contribution in [0.25, 0.3) is 5.57 Å². The Morgan fingerprint density at radius 1 is 1.19 bits per heavy atom. The smallest absolute Gasteiger partial charge is 0.433 e. The molecule has 0 amide bonds. The molecule has 4 nitrogen and oxygen atoms in total. The minimum atomic E-state index is -4.41. The summed E-state index contributed by atoms with van der Waals surface area (Å²) in [7, 11) is 1.62. The number of hydrogen-bond acceptors (Lipinski definition) is 4. The molecule has 0 saturated carbocycles. The van der Waals surface area contributed by atoms with Gasteiger partial charge in [-0.1, -0.05) is 6.07 Å². The highest BCUT2D eigenvalue weighted by molar-refractivity contribution is 5.66. The van der Waals surface area contributed by atoms with Crippen molar-refractivity contribution in [3.8, 4) is 0 Å². The maximum atomic E-state index is 12.6. The zero-order valence-electron chi connectivity index (χ0n) is 14.4. The molecule has 0 spiro atoms. The lowest BCUT2D eigenvalue weighted by atomic mass is 9.86. The summed E-state index contributed by atoms with van der Waals surface area (Å²) < 4.78 is 43.2. The minimum absolute atomic E-state index is 0.317. The Morgan fingerprint density at radius 3 is 2.50 bits per heavy atom. The maximum absolute atomic E-state index is 12.6. The number of ether oxygens (including phenoxy) is 1. The van der Waals surface area contributed by atoms with Crippen LogP contribution in [0.4, 0.5) is 18.9 Å². The van der Waals surface area contributed by atoms with E-state index in [1.54, 1.807) is 19.6 Å². The summed E-state index contributed by atoms with van der Waals surface area (Å²) in [5, 5.41) is 0. The lowest BCUT2D eigenvalue weighted by Crippen LogP contribution is -2.34. The molecule has 0 N–H and O–H groups in total. The lowest BCUT2D eigenvalue weighted by Gasteiger charge is -2.34. The van der Waals surface area contributed by atoms with Gasteiger partial charge in [0.1, 0.15) is 5.69 Å². The van der Waals surface area contributed by atoms with Crippen molar-refractivity contribution < 1.29 is 17.9 Å². The third-order valence-corrected chi connectivity index (χ3v) is 4.58. The molecule has 1 saturated heterocycles. The molecule has 0 bridgehead atoms. The van der Waals surface area contributed by atoms with Crippen LogP contribution in [-0.4, -0.2) is 30.2 Å². The van der Waals surface area contributed by atoms with Crippen molar-refractivity contribution in [1.82, 2.24) is 9.97 Å². The molecule has 3 rings (SSSR count). The standard InChI is InChI=1S/C19H20F3N3O/c1-26-13-17(15-3-2-8-23-11-15)14-6-9-25(10-7-14)16-4-5-18(24-12-16)19(20,21)22/h2-5,8,11-14H,6-7,9-10H2,1H3/b17-13+. The number of hydrogen-bond donors (Lipinski definition) is 0. The second-order valence-corrected chi connectivity index (χ2v) is 6.21. The molecule has 138 valence electrons. The van der Waals surface area contributed by atoms with Crippen molar-refractivity contribution in [2.75, 3.05) is 25.1 Å². The molecule has 0 aromatic carbocycles. The maximum Gasteiger partial charge on any atom is 0.433 e. The van der Waals surface area contributed by atoms with Gasteiger partial charge in [-0.3, -0.25) is 4.98 Å². The molecule has 3 heterocycles. The van der Waals surface area contributed by atoms with Gasteiger partial charge in [-0.05, 0) is 48.1 Å². The summed E-state index contributed by atoms with van der Waals surface area (Å²) in [5.41, 5.74) is 1.99. The predicted octanol–water partition coefficient (Wildman–Crippen LogP) is 4.40. The Kier molecular flexibility index (Phi) is 5.44. The molecule has 0 radical (unpaired) electrons. The Balaban J connectivity index is 1.67. The van der Waals surface area contributed by atoms with Crippen LogP contribution < -0.4 is 4.90 Å². The number of pyridine rings is 2. The highest BCUT2D eigenvalue weighted by Gasteiger charge is 2.32. The van der Waals surface area contributed by atoms with Gasteiger partial charge in [0, 0.05) is 25.5 Å². The lowest BCUT2D eigenvalue weighted by molar-refractivity contribution is -0.141. The highest BCUT2D eigenvalue weighted by Crippen LogP contribution is 2.34. The molecule has 26 heavy (non-hydrogen) atoms. The summed E-state index contributed by atoms with van der Waals surface area (Å²) >= 11 is 0. The van der Waals surface area contributed by atoms with Crippen molar-refractivity contribution in [3.05, 3.63) is 60.4 Å². The van der Waals surface area contributed by atoms with Crippen LogP contribution in [0.2, 0.25) is 0 Å². The number of allylic oxidation sites excluding steroid dienone is 1. The van der Waals surface area contributed by atoms with E-state index in [2.05, 4.69) is 14.9 Å². The molecule has 1 aliphatic heterocycles. The number of alkyl halides is 3. The van der Waals surface area contributed by atoms with Crippen LogP contribution in [0.5, 0.6) is 0 Å². The van der Waals surface area contributed by atoms with Crippen molar-refractivity contribution in [3.63, 3.8) is 0 Å². The quantitative estimate of drug-likeness (QED) is 0.755. The molecule has 7 heteroatoms. The van der Waals surface area contributed by atoms with E-state index in [4.69, 9.17) is 4.74 Å². The van der Waals surface area contributed by atoms with E-state index in [0.717, 1.165) is 48.8 Å². The first kappa shape index (κ1) is 18.2. The highest BCUT2D eigenvalue weighted by atomic mass is 19.4. The molecular weight excluding hydrogens is 343 g/mol. The Labute approximate surface area is 150 Å². The van der Waals surface area contributed by atoms with Gasteiger partial charge in [-0.15, -0.1) is 0 Å². The number of aromatic nitrogens is 2. The second-order valence-electron chi connectivity index (χ2n) is 6.21. The van der Waals surface area contributed by atoms with Gasteiger partial charge in [0.2, 0.25) is 0 Å². The number of halogens is 3. The van der Waals surface area contributed by atoms with Crippen molar-refractivity contribution in [1.29, 1.82) is 0 Å². The van der Waals surface area contributed by atoms with Crippen LogP contribution in [0, 0.1) is 5.92 Å². The Morgan fingerprint density at radius 2 is 1.96 bits per heavy atom. The first-order valence-electron chi connectivity index (χ1n) is 8.40. The van der Waals surface area contributed by atoms with E-state index in [0.29, 0.717) is 5.92 Å². The number of piperidine rings is 1. The van der Waals surface area contributed by atoms with E-state index in [9.17, 15) is 13.2 Å². The van der Waals surface area contributed by atoms with E-state index in [1.807, 2.05) is 18.3 Å². The molecule has 0 atom stereocenters. The first-order valence-corrected chi connectivity index (χ1v) is 8.40. The second kappa shape index (κ2) is 7.76. The van der Waals surface area contributed by atoms with Crippen LogP contribution in [0.1, 0.15) is 24.1 Å². The number of nitrogens with zero attached hydrogens (tertiary/aromatic N) is 3. The molecule has 2 aromatic heterocycles. The fraction of sp³-hybridized carbons (Fsp3) is 0.368. The van der Waals surface area contributed by atoms with Crippen LogP contribution in [0.15, 0.2) is 49.1 Å². The average molecular weight is 363 g/mol. The molecule has 1 aliphatic rings. The van der Waals surface area contributed by atoms with E-state index in [-0.39, 0.29) is 0 Å². The van der Waals surface area contributed by atoms with Gasteiger partial charge in [0.25, 0.3) is 0 Å². The summed E-state index contributed by atoms with van der Waals surface area (Å²) in [4.78, 5) is 9.78. The van der Waals surface area contributed by atoms with Crippen molar-refractivity contribution >= 4 is 11.3 Å². The van der Waals surface area contributed by atoms with Gasteiger partial charge < -0.3 is 9.64 Å². The molecule has 0 aliphatic carbocycles. The minimum Gasteiger partial charge on any atom is -0.504 e. The molecule has 0 unspecified atom stereocenters.